The van der Waals surface area contributed by atoms with Gasteiger partial charge in [0.25, 0.3) is 0 Å². The van der Waals surface area contributed by atoms with E-state index >= 15 is 0 Å². The standard InChI is InChI=1S/C23H27NO4/c1-23(2,3)18-7-9-19(10-8-18)24-14-16(13-21(24)25)15-28-20-11-5-17(6-12-20)22(26)27-4/h5-12,16H,13-15H2,1-4H3/t16-/m0/s1. The minimum atomic E-state index is -0.374. The van der Waals surface area contributed by atoms with Gasteiger partial charge in [-0.2, -0.15) is 0 Å². The largest absolute Gasteiger partial charge is 0.493 e. The van der Waals surface area contributed by atoms with E-state index in [4.69, 9.17) is 4.74 Å². The lowest BCUT2D eigenvalue weighted by Gasteiger charge is -2.21. The van der Waals surface area contributed by atoms with E-state index in [-0.39, 0.29) is 23.2 Å². The summed E-state index contributed by atoms with van der Waals surface area (Å²) in [5.41, 5.74) is 2.75. The number of methoxy groups -OCH3 is 1. The highest BCUT2D eigenvalue weighted by molar-refractivity contribution is 5.95. The third kappa shape index (κ3) is 4.53. The van der Waals surface area contributed by atoms with Gasteiger partial charge in [-0.25, -0.2) is 4.79 Å². The van der Waals surface area contributed by atoms with Gasteiger partial charge in [-0.15, -0.1) is 0 Å². The molecule has 1 atom stereocenters. The second kappa shape index (κ2) is 8.05. The molecule has 0 N–H and O–H groups in total. The first-order valence-electron chi connectivity index (χ1n) is 9.50. The molecule has 0 aliphatic carbocycles. The van der Waals surface area contributed by atoms with E-state index in [0.717, 1.165) is 5.69 Å². The Morgan fingerprint density at radius 3 is 2.29 bits per heavy atom. The van der Waals surface area contributed by atoms with Crippen molar-refractivity contribution in [3.63, 3.8) is 0 Å². The minimum Gasteiger partial charge on any atom is -0.493 e. The summed E-state index contributed by atoms with van der Waals surface area (Å²) in [5, 5.41) is 0. The third-order valence-corrected chi connectivity index (χ3v) is 5.01. The fraction of sp³-hybridized carbons (Fsp3) is 0.391. The third-order valence-electron chi connectivity index (χ3n) is 5.01. The van der Waals surface area contributed by atoms with Gasteiger partial charge in [0.2, 0.25) is 5.91 Å². The van der Waals surface area contributed by atoms with E-state index < -0.39 is 0 Å². The summed E-state index contributed by atoms with van der Waals surface area (Å²) in [6.07, 6.45) is 0.473. The zero-order valence-electron chi connectivity index (χ0n) is 16.9. The Bertz CT molecular complexity index is 834. The van der Waals surface area contributed by atoms with Crippen LogP contribution in [0.15, 0.2) is 48.5 Å². The molecule has 2 aromatic carbocycles. The van der Waals surface area contributed by atoms with Gasteiger partial charge in [0.15, 0.2) is 0 Å². The zero-order chi connectivity index (χ0) is 20.3. The average molecular weight is 381 g/mol. The van der Waals surface area contributed by atoms with Gasteiger partial charge < -0.3 is 14.4 Å². The first-order chi connectivity index (χ1) is 13.3. The minimum absolute atomic E-state index is 0.0906. The van der Waals surface area contributed by atoms with Crippen LogP contribution in [-0.4, -0.2) is 32.1 Å². The maximum atomic E-state index is 12.4. The smallest absolute Gasteiger partial charge is 0.337 e. The molecule has 0 saturated carbocycles. The summed E-state index contributed by atoms with van der Waals surface area (Å²) in [6.45, 7) is 7.63. The van der Waals surface area contributed by atoms with E-state index in [1.54, 1.807) is 24.3 Å². The molecule has 3 rings (SSSR count). The molecule has 148 valence electrons. The zero-order valence-corrected chi connectivity index (χ0v) is 16.9. The van der Waals surface area contributed by atoms with Crippen LogP contribution >= 0.6 is 0 Å². The summed E-state index contributed by atoms with van der Waals surface area (Å²) in [4.78, 5) is 25.8. The number of hydrogen-bond acceptors (Lipinski definition) is 4. The molecule has 1 heterocycles. The van der Waals surface area contributed by atoms with Crippen LogP contribution < -0.4 is 9.64 Å². The number of rotatable bonds is 5. The number of anilines is 1. The van der Waals surface area contributed by atoms with Gasteiger partial charge in [0, 0.05) is 24.6 Å². The van der Waals surface area contributed by atoms with Gasteiger partial charge >= 0.3 is 5.97 Å². The lowest BCUT2D eigenvalue weighted by Crippen LogP contribution is -2.25. The molecular weight excluding hydrogens is 354 g/mol. The number of ether oxygens (including phenoxy) is 2. The van der Waals surface area contributed by atoms with E-state index in [1.807, 2.05) is 17.0 Å². The highest BCUT2D eigenvalue weighted by atomic mass is 16.5. The second-order valence-corrected chi connectivity index (χ2v) is 8.20. The summed E-state index contributed by atoms with van der Waals surface area (Å²) in [5.74, 6) is 0.558. The van der Waals surface area contributed by atoms with Crippen molar-refractivity contribution in [1.82, 2.24) is 0 Å². The highest BCUT2D eigenvalue weighted by Gasteiger charge is 2.31. The van der Waals surface area contributed by atoms with E-state index in [9.17, 15) is 9.59 Å². The fourth-order valence-electron chi connectivity index (χ4n) is 3.30. The quantitative estimate of drug-likeness (QED) is 0.729. The van der Waals surface area contributed by atoms with Crippen LogP contribution in [0, 0.1) is 5.92 Å². The van der Waals surface area contributed by atoms with Crippen LogP contribution in [0.5, 0.6) is 5.75 Å². The van der Waals surface area contributed by atoms with Gasteiger partial charge in [-0.3, -0.25) is 4.79 Å². The number of benzene rings is 2. The average Bonchev–Trinajstić information content (AvgIpc) is 3.06. The number of carbonyl (C=O) groups excluding carboxylic acids is 2. The van der Waals surface area contributed by atoms with Crippen LogP contribution in [0.2, 0.25) is 0 Å². The van der Waals surface area contributed by atoms with Gasteiger partial charge in [-0.1, -0.05) is 32.9 Å². The molecule has 0 unspecified atom stereocenters. The molecule has 1 fully saturated rings. The normalized spacial score (nSPS) is 16.9. The van der Waals surface area contributed by atoms with Gasteiger partial charge in [0.1, 0.15) is 5.75 Å². The molecule has 0 radical (unpaired) electrons. The van der Waals surface area contributed by atoms with Crippen molar-refractivity contribution in [3.05, 3.63) is 59.7 Å². The molecule has 1 amide bonds. The number of hydrogen-bond donors (Lipinski definition) is 0. The maximum absolute atomic E-state index is 12.4. The van der Waals surface area contributed by atoms with Crippen LogP contribution in [0.4, 0.5) is 5.69 Å². The van der Waals surface area contributed by atoms with E-state index in [2.05, 4.69) is 37.6 Å². The molecule has 1 saturated heterocycles. The Morgan fingerprint density at radius 2 is 1.71 bits per heavy atom. The number of carbonyl (C=O) groups is 2. The van der Waals surface area contributed by atoms with Gasteiger partial charge in [0.05, 0.1) is 19.3 Å². The Kier molecular flexibility index (Phi) is 5.73. The van der Waals surface area contributed by atoms with Crippen molar-refractivity contribution in [2.24, 2.45) is 5.92 Å². The second-order valence-electron chi connectivity index (χ2n) is 8.20. The predicted molar refractivity (Wildman–Crippen MR) is 109 cm³/mol. The van der Waals surface area contributed by atoms with Crippen LogP contribution in [0.25, 0.3) is 0 Å². The summed E-state index contributed by atoms with van der Waals surface area (Å²) < 4.78 is 10.5. The Hall–Kier alpha value is -2.82. The van der Waals surface area contributed by atoms with Crippen molar-refractivity contribution in [3.8, 4) is 5.75 Å². The molecule has 0 aromatic heterocycles. The molecule has 28 heavy (non-hydrogen) atoms. The molecule has 2 aromatic rings. The van der Waals surface area contributed by atoms with Crippen molar-refractivity contribution >= 4 is 17.6 Å². The molecule has 1 aliphatic rings. The predicted octanol–water partition coefficient (Wildman–Crippen LogP) is 4.20. The lowest BCUT2D eigenvalue weighted by atomic mass is 9.87. The van der Waals surface area contributed by atoms with Gasteiger partial charge in [-0.05, 0) is 47.4 Å². The fourth-order valence-corrected chi connectivity index (χ4v) is 3.30. The highest BCUT2D eigenvalue weighted by Crippen LogP contribution is 2.29. The SMILES string of the molecule is COC(=O)c1ccc(OC[C@H]2CC(=O)N(c3ccc(C(C)(C)C)cc3)C2)cc1. The van der Waals surface area contributed by atoms with Crippen molar-refractivity contribution in [1.29, 1.82) is 0 Å². The molecule has 0 bridgehead atoms. The van der Waals surface area contributed by atoms with Crippen LogP contribution in [-0.2, 0) is 14.9 Å². The van der Waals surface area contributed by atoms with E-state index in [0.29, 0.717) is 30.9 Å². The molecule has 5 heteroatoms. The molecule has 0 spiro atoms. The summed E-state index contributed by atoms with van der Waals surface area (Å²) in [6, 6.07) is 15.1. The van der Waals surface area contributed by atoms with E-state index in [1.165, 1.54) is 12.7 Å². The number of amides is 1. The molecular formula is C23H27NO4. The Balaban J connectivity index is 1.58. The first-order valence-corrected chi connectivity index (χ1v) is 9.50. The first kappa shape index (κ1) is 19.9. The lowest BCUT2D eigenvalue weighted by molar-refractivity contribution is -0.117. The van der Waals surface area contributed by atoms with Crippen LogP contribution in [0.1, 0.15) is 43.1 Å². The Labute approximate surface area is 166 Å². The Morgan fingerprint density at radius 1 is 1.07 bits per heavy atom. The summed E-state index contributed by atoms with van der Waals surface area (Å²) >= 11 is 0. The van der Waals surface area contributed by atoms with Crippen molar-refractivity contribution in [2.45, 2.75) is 32.6 Å². The van der Waals surface area contributed by atoms with Crippen molar-refractivity contribution in [2.75, 3.05) is 25.2 Å². The number of nitrogens with zero attached hydrogens (tertiary/aromatic N) is 1. The molecule has 1 aliphatic heterocycles. The monoisotopic (exact) mass is 381 g/mol. The number of esters is 1. The molecule has 5 nitrogen and oxygen atoms in total. The topological polar surface area (TPSA) is 55.8 Å². The van der Waals surface area contributed by atoms with Crippen molar-refractivity contribution < 1.29 is 19.1 Å². The summed E-state index contributed by atoms with van der Waals surface area (Å²) in [7, 11) is 1.35. The van der Waals surface area contributed by atoms with Crippen LogP contribution in [0.3, 0.4) is 0 Å². The maximum Gasteiger partial charge on any atom is 0.337 e.